The Kier molecular flexibility index (Phi) is 12.1. The van der Waals surface area contributed by atoms with Crippen molar-refractivity contribution in [2.75, 3.05) is 0 Å². The minimum Gasteiger partial charge on any atom is -0.0683 e. The van der Waals surface area contributed by atoms with Crippen LogP contribution in [0.2, 0.25) is 0 Å². The number of hydrogen-bond donors (Lipinski definition) is 0. The molecule has 3 aromatic carbocycles. The van der Waals surface area contributed by atoms with Gasteiger partial charge in [0.05, 0.1) is 0 Å². The Balaban J connectivity index is 0.000000642. The summed E-state index contributed by atoms with van der Waals surface area (Å²) in [5.41, 5.74) is 5.77. The molecular formula is C25H36. The largest absolute Gasteiger partial charge is 0.0683 e. The van der Waals surface area contributed by atoms with Crippen molar-refractivity contribution in [3.8, 4) is 11.1 Å². The molecule has 3 aromatic rings. The van der Waals surface area contributed by atoms with E-state index in [1.54, 1.807) is 0 Å². The van der Waals surface area contributed by atoms with E-state index in [0.717, 1.165) is 6.42 Å². The lowest BCUT2D eigenvalue weighted by Gasteiger charge is -2.05. The predicted octanol–water partition coefficient (Wildman–Crippen LogP) is 8.52. The smallest absolute Gasteiger partial charge is 0.000729 e. The quantitative estimate of drug-likeness (QED) is 0.302. The van der Waals surface area contributed by atoms with Gasteiger partial charge in [-0.15, -0.1) is 0 Å². The first-order valence-electron chi connectivity index (χ1n) is 10.0. The van der Waals surface area contributed by atoms with Crippen LogP contribution in [0.4, 0.5) is 0 Å². The maximum Gasteiger partial charge on any atom is -0.000729 e. The van der Waals surface area contributed by atoms with Gasteiger partial charge in [-0.25, -0.2) is 0 Å². The standard InChI is InChI=1S/C17H12.4C2H6/c1-3-7-14-12(5-1)9-10-16-15-8-4-2-6-13(15)11-17(14)16;4*1-2/h1-10H,11H2;4*1-2H3. The molecule has 0 saturated carbocycles. The van der Waals surface area contributed by atoms with Gasteiger partial charge in [-0.1, -0.05) is 116 Å². The van der Waals surface area contributed by atoms with Crippen molar-refractivity contribution in [2.24, 2.45) is 0 Å². The van der Waals surface area contributed by atoms with Gasteiger partial charge in [-0.3, -0.25) is 0 Å². The molecule has 0 unspecified atom stereocenters. The second kappa shape index (κ2) is 13.2. The maximum absolute atomic E-state index is 2.27. The molecule has 0 radical (unpaired) electrons. The van der Waals surface area contributed by atoms with Crippen LogP contribution in [0.25, 0.3) is 21.9 Å². The summed E-state index contributed by atoms with van der Waals surface area (Å²) in [6, 6.07) is 21.9. The number of rotatable bonds is 0. The van der Waals surface area contributed by atoms with Crippen molar-refractivity contribution >= 4 is 10.8 Å². The average Bonchev–Trinajstić information content (AvgIpc) is 3.13. The summed E-state index contributed by atoms with van der Waals surface area (Å²) in [6.45, 7) is 16.0. The molecule has 0 amide bonds. The molecular weight excluding hydrogens is 300 g/mol. The van der Waals surface area contributed by atoms with Gasteiger partial charge in [-0.05, 0) is 39.4 Å². The SMILES string of the molecule is CC.CC.CC.CC.c1ccc2c(c1)Cc1c-2ccc2ccccc12. The van der Waals surface area contributed by atoms with E-state index in [1.165, 1.54) is 33.0 Å². The zero-order valence-corrected chi connectivity index (χ0v) is 17.5. The summed E-state index contributed by atoms with van der Waals surface area (Å²) >= 11 is 0. The summed E-state index contributed by atoms with van der Waals surface area (Å²) in [5.74, 6) is 0. The highest BCUT2D eigenvalue weighted by atomic mass is 14.2. The highest BCUT2D eigenvalue weighted by Crippen LogP contribution is 2.39. The molecule has 0 bridgehead atoms. The second-order valence-corrected chi connectivity index (χ2v) is 4.65. The molecule has 0 saturated heterocycles. The Labute approximate surface area is 155 Å². The predicted molar refractivity (Wildman–Crippen MR) is 118 cm³/mol. The van der Waals surface area contributed by atoms with Gasteiger partial charge in [0.25, 0.3) is 0 Å². The number of hydrogen-bond acceptors (Lipinski definition) is 0. The molecule has 0 spiro atoms. The number of benzene rings is 3. The van der Waals surface area contributed by atoms with Crippen molar-refractivity contribution in [1.82, 2.24) is 0 Å². The van der Waals surface area contributed by atoms with Crippen molar-refractivity contribution in [3.05, 3.63) is 71.8 Å². The van der Waals surface area contributed by atoms with Gasteiger partial charge in [0.15, 0.2) is 0 Å². The second-order valence-electron chi connectivity index (χ2n) is 4.65. The summed E-state index contributed by atoms with van der Waals surface area (Å²) in [5, 5.41) is 2.75. The van der Waals surface area contributed by atoms with Crippen molar-refractivity contribution in [3.63, 3.8) is 0 Å². The summed E-state index contributed by atoms with van der Waals surface area (Å²) in [4.78, 5) is 0. The molecule has 0 heteroatoms. The topological polar surface area (TPSA) is 0 Å². The Morgan fingerprint density at radius 1 is 0.520 bits per heavy atom. The van der Waals surface area contributed by atoms with E-state index < -0.39 is 0 Å². The fourth-order valence-corrected chi connectivity index (χ4v) is 2.91. The van der Waals surface area contributed by atoms with Crippen LogP contribution in [0.3, 0.4) is 0 Å². The lowest BCUT2D eigenvalue weighted by Crippen LogP contribution is -1.83. The summed E-state index contributed by atoms with van der Waals surface area (Å²) in [7, 11) is 0. The Bertz CT molecular complexity index is 723. The van der Waals surface area contributed by atoms with Crippen LogP contribution in [-0.2, 0) is 6.42 Å². The van der Waals surface area contributed by atoms with Crippen molar-refractivity contribution in [2.45, 2.75) is 61.8 Å². The van der Waals surface area contributed by atoms with E-state index in [9.17, 15) is 0 Å². The van der Waals surface area contributed by atoms with Gasteiger partial charge in [0, 0.05) is 0 Å². The minimum atomic E-state index is 1.08. The average molecular weight is 337 g/mol. The Hall–Kier alpha value is -2.08. The highest BCUT2D eigenvalue weighted by molar-refractivity contribution is 5.95. The fraction of sp³-hybridized carbons (Fsp3) is 0.360. The van der Waals surface area contributed by atoms with E-state index >= 15 is 0 Å². The van der Waals surface area contributed by atoms with E-state index in [-0.39, 0.29) is 0 Å². The zero-order chi connectivity index (χ0) is 19.2. The van der Waals surface area contributed by atoms with Crippen LogP contribution in [0.5, 0.6) is 0 Å². The molecule has 0 nitrogen and oxygen atoms in total. The van der Waals surface area contributed by atoms with Crippen molar-refractivity contribution < 1.29 is 0 Å². The van der Waals surface area contributed by atoms with Gasteiger partial charge in [0.2, 0.25) is 0 Å². The third-order valence-corrected chi connectivity index (χ3v) is 3.72. The third kappa shape index (κ3) is 5.19. The molecule has 1 aliphatic carbocycles. The molecule has 0 atom stereocenters. The van der Waals surface area contributed by atoms with Gasteiger partial charge >= 0.3 is 0 Å². The normalized spacial score (nSPS) is 9.44. The molecule has 4 rings (SSSR count). The van der Waals surface area contributed by atoms with Crippen molar-refractivity contribution in [1.29, 1.82) is 0 Å². The van der Waals surface area contributed by atoms with E-state index in [0.29, 0.717) is 0 Å². The van der Waals surface area contributed by atoms with Crippen LogP contribution >= 0.6 is 0 Å². The molecule has 1 aliphatic rings. The van der Waals surface area contributed by atoms with Gasteiger partial charge in [0.1, 0.15) is 0 Å². The molecule has 136 valence electrons. The first kappa shape index (κ1) is 22.9. The summed E-state index contributed by atoms with van der Waals surface area (Å²) in [6.07, 6.45) is 1.08. The van der Waals surface area contributed by atoms with Crippen LogP contribution in [0.15, 0.2) is 60.7 Å². The van der Waals surface area contributed by atoms with Crippen LogP contribution in [-0.4, -0.2) is 0 Å². The zero-order valence-electron chi connectivity index (χ0n) is 17.5. The van der Waals surface area contributed by atoms with E-state index in [2.05, 4.69) is 60.7 Å². The summed E-state index contributed by atoms with van der Waals surface area (Å²) < 4.78 is 0. The van der Waals surface area contributed by atoms with E-state index in [4.69, 9.17) is 0 Å². The van der Waals surface area contributed by atoms with Crippen LogP contribution < -0.4 is 0 Å². The van der Waals surface area contributed by atoms with Gasteiger partial charge in [-0.2, -0.15) is 0 Å². The monoisotopic (exact) mass is 336 g/mol. The molecule has 0 aliphatic heterocycles. The Morgan fingerprint density at radius 2 is 1.08 bits per heavy atom. The molecule has 0 heterocycles. The molecule has 0 fully saturated rings. The fourth-order valence-electron chi connectivity index (χ4n) is 2.91. The molecule has 25 heavy (non-hydrogen) atoms. The lowest BCUT2D eigenvalue weighted by atomic mass is 9.99. The highest BCUT2D eigenvalue weighted by Gasteiger charge is 2.19. The number of fused-ring (bicyclic) bond motifs is 5. The first-order chi connectivity index (χ1) is 12.4. The van der Waals surface area contributed by atoms with E-state index in [1.807, 2.05) is 55.4 Å². The first-order valence-corrected chi connectivity index (χ1v) is 10.0. The molecule has 0 aromatic heterocycles. The van der Waals surface area contributed by atoms with Crippen LogP contribution in [0.1, 0.15) is 66.5 Å². The third-order valence-electron chi connectivity index (χ3n) is 3.72. The van der Waals surface area contributed by atoms with Crippen LogP contribution in [0, 0.1) is 0 Å². The van der Waals surface area contributed by atoms with Gasteiger partial charge < -0.3 is 0 Å². The minimum absolute atomic E-state index is 1.08. The Morgan fingerprint density at radius 3 is 1.76 bits per heavy atom. The maximum atomic E-state index is 2.27. The lowest BCUT2D eigenvalue weighted by molar-refractivity contribution is 1.28. The molecule has 0 N–H and O–H groups in total.